The lowest BCUT2D eigenvalue weighted by Gasteiger charge is -2.05. The smallest absolute Gasteiger partial charge is 0.121 e. The topological polar surface area (TPSA) is 65.2 Å². The van der Waals surface area contributed by atoms with Gasteiger partial charge in [-0.05, 0) is 24.6 Å². The number of carbonyl (C=O) groups excluding carboxylic acids is 1. The number of rotatable bonds is 6. The van der Waals surface area contributed by atoms with Crippen molar-refractivity contribution < 1.29 is 14.6 Å². The molecule has 4 heteroatoms. The summed E-state index contributed by atoms with van der Waals surface area (Å²) in [5.74, 6) is -0.443. The molecular formula is C14H16NO3-. The number of fused-ring (bicyclic) bond motifs is 1. The number of carboxylic acids is 1. The molecular weight excluding hydrogens is 230 g/mol. The molecule has 0 radical (unpaired) electrons. The number of carboxylic acid groups (broad SMARTS) is 1. The second-order valence-corrected chi connectivity index (χ2v) is 4.28. The van der Waals surface area contributed by atoms with E-state index in [1.54, 1.807) is 6.07 Å². The van der Waals surface area contributed by atoms with Crippen LogP contribution in [0.1, 0.15) is 36.7 Å². The summed E-state index contributed by atoms with van der Waals surface area (Å²) in [5, 5.41) is 11.6. The molecule has 0 aliphatic rings. The molecule has 1 aromatic heterocycles. The molecule has 0 bridgehead atoms. The van der Waals surface area contributed by atoms with E-state index in [0.717, 1.165) is 35.9 Å². The monoisotopic (exact) mass is 246 g/mol. The van der Waals surface area contributed by atoms with Gasteiger partial charge in [-0.25, -0.2) is 0 Å². The molecule has 0 saturated carbocycles. The van der Waals surface area contributed by atoms with Crippen LogP contribution < -0.4 is 9.84 Å². The lowest BCUT2D eigenvalue weighted by Crippen LogP contribution is -2.22. The zero-order valence-corrected chi connectivity index (χ0v) is 10.4. The highest BCUT2D eigenvalue weighted by Gasteiger charge is 2.03. The summed E-state index contributed by atoms with van der Waals surface area (Å²) in [6.45, 7) is 2.83. The number of aromatic carboxylic acids is 1. The van der Waals surface area contributed by atoms with Crippen molar-refractivity contribution in [3.63, 3.8) is 0 Å². The Labute approximate surface area is 106 Å². The van der Waals surface area contributed by atoms with Crippen molar-refractivity contribution in [1.29, 1.82) is 0 Å². The summed E-state index contributed by atoms with van der Waals surface area (Å²) in [4.78, 5) is 13.5. The van der Waals surface area contributed by atoms with E-state index in [1.165, 1.54) is 0 Å². The fourth-order valence-electron chi connectivity index (χ4n) is 1.85. The predicted molar refractivity (Wildman–Crippen MR) is 67.6 cm³/mol. The van der Waals surface area contributed by atoms with E-state index in [4.69, 9.17) is 4.74 Å². The number of hydrogen-bond donors (Lipinski definition) is 1. The quantitative estimate of drug-likeness (QED) is 0.794. The number of hydrogen-bond acceptors (Lipinski definition) is 3. The number of aromatic amines is 1. The molecule has 0 fully saturated rings. The average molecular weight is 246 g/mol. The Bertz CT molecular complexity index is 545. The van der Waals surface area contributed by atoms with Gasteiger partial charge in [0, 0.05) is 17.0 Å². The summed E-state index contributed by atoms with van der Waals surface area (Å²) >= 11 is 0. The Hall–Kier alpha value is -1.97. The van der Waals surface area contributed by atoms with Crippen LogP contribution in [0, 0.1) is 0 Å². The zero-order chi connectivity index (χ0) is 13.0. The minimum Gasteiger partial charge on any atom is -0.543 e. The van der Waals surface area contributed by atoms with Crippen LogP contribution in [0.15, 0.2) is 24.3 Å². The lowest BCUT2D eigenvalue weighted by atomic mass is 10.2. The standard InChI is InChI=1S/C14H17NO3/c1-2-3-4-7-18-11-6-5-10-8-13(14(16)17)15-12(10)9-11/h5-6,8-9,15H,2-4,7H2,1H3,(H,16,17)/p-1. The number of H-pyrrole nitrogens is 1. The third-order valence-corrected chi connectivity index (χ3v) is 2.83. The Morgan fingerprint density at radius 3 is 2.89 bits per heavy atom. The second-order valence-electron chi connectivity index (χ2n) is 4.28. The summed E-state index contributed by atoms with van der Waals surface area (Å²) in [6, 6.07) is 7.06. The highest BCUT2D eigenvalue weighted by atomic mass is 16.5. The van der Waals surface area contributed by atoms with Gasteiger partial charge in [0.1, 0.15) is 5.75 Å². The molecule has 4 nitrogen and oxygen atoms in total. The van der Waals surface area contributed by atoms with Gasteiger partial charge in [-0.3, -0.25) is 0 Å². The fraction of sp³-hybridized carbons (Fsp3) is 0.357. The van der Waals surface area contributed by atoms with E-state index < -0.39 is 5.97 Å². The minimum absolute atomic E-state index is 0.0909. The Balaban J connectivity index is 2.09. The first-order valence-electron chi connectivity index (χ1n) is 6.17. The molecule has 0 amide bonds. The normalized spacial score (nSPS) is 10.7. The zero-order valence-electron chi connectivity index (χ0n) is 10.4. The van der Waals surface area contributed by atoms with Crippen molar-refractivity contribution in [1.82, 2.24) is 4.98 Å². The van der Waals surface area contributed by atoms with Gasteiger partial charge in [0.25, 0.3) is 0 Å². The van der Waals surface area contributed by atoms with Crippen molar-refractivity contribution in [2.45, 2.75) is 26.2 Å². The number of aromatic nitrogens is 1. The molecule has 1 aromatic carbocycles. The van der Waals surface area contributed by atoms with Crippen LogP contribution in [0.25, 0.3) is 10.9 Å². The molecule has 2 aromatic rings. The van der Waals surface area contributed by atoms with Crippen LogP contribution in [0.4, 0.5) is 0 Å². The molecule has 0 unspecified atom stereocenters. The van der Waals surface area contributed by atoms with E-state index in [2.05, 4.69) is 11.9 Å². The Morgan fingerprint density at radius 2 is 2.17 bits per heavy atom. The van der Waals surface area contributed by atoms with Gasteiger partial charge in [-0.1, -0.05) is 19.8 Å². The molecule has 96 valence electrons. The molecule has 1 N–H and O–H groups in total. The SMILES string of the molecule is CCCCCOc1ccc2cc(C(=O)[O-])[nH]c2c1. The van der Waals surface area contributed by atoms with Gasteiger partial charge in [-0.15, -0.1) is 0 Å². The van der Waals surface area contributed by atoms with Crippen LogP contribution in [-0.4, -0.2) is 17.6 Å². The molecule has 18 heavy (non-hydrogen) atoms. The van der Waals surface area contributed by atoms with Crippen molar-refractivity contribution in [2.75, 3.05) is 6.61 Å². The number of nitrogens with one attached hydrogen (secondary N) is 1. The van der Waals surface area contributed by atoms with E-state index in [9.17, 15) is 9.90 Å². The van der Waals surface area contributed by atoms with Gasteiger partial charge in [-0.2, -0.15) is 0 Å². The molecule has 0 spiro atoms. The van der Waals surface area contributed by atoms with Crippen molar-refractivity contribution in [3.05, 3.63) is 30.0 Å². The third kappa shape index (κ3) is 2.83. The number of unbranched alkanes of at least 4 members (excludes halogenated alkanes) is 2. The predicted octanol–water partition coefficient (Wildman–Crippen LogP) is 2.10. The summed E-state index contributed by atoms with van der Waals surface area (Å²) in [5.41, 5.74) is 0.843. The third-order valence-electron chi connectivity index (χ3n) is 2.83. The van der Waals surface area contributed by atoms with E-state index in [1.807, 2.05) is 18.2 Å². The highest BCUT2D eigenvalue weighted by molar-refractivity contribution is 5.93. The molecule has 0 aliphatic carbocycles. The highest BCUT2D eigenvalue weighted by Crippen LogP contribution is 2.21. The molecule has 1 heterocycles. The van der Waals surface area contributed by atoms with Crippen molar-refractivity contribution in [2.24, 2.45) is 0 Å². The van der Waals surface area contributed by atoms with Crippen molar-refractivity contribution in [3.8, 4) is 5.75 Å². The van der Waals surface area contributed by atoms with Gasteiger partial charge in [0.15, 0.2) is 0 Å². The molecule has 0 atom stereocenters. The van der Waals surface area contributed by atoms with Crippen LogP contribution in [-0.2, 0) is 0 Å². The molecule has 2 rings (SSSR count). The van der Waals surface area contributed by atoms with Crippen LogP contribution in [0.2, 0.25) is 0 Å². The molecule has 0 aliphatic heterocycles. The average Bonchev–Trinajstić information content (AvgIpc) is 2.78. The number of benzene rings is 1. The maximum Gasteiger partial charge on any atom is 0.121 e. The first-order valence-corrected chi connectivity index (χ1v) is 6.17. The number of carbonyl (C=O) groups is 1. The van der Waals surface area contributed by atoms with Crippen LogP contribution in [0.3, 0.4) is 0 Å². The van der Waals surface area contributed by atoms with E-state index in [0.29, 0.717) is 6.61 Å². The van der Waals surface area contributed by atoms with Gasteiger partial charge >= 0.3 is 0 Å². The van der Waals surface area contributed by atoms with Crippen molar-refractivity contribution >= 4 is 16.9 Å². The van der Waals surface area contributed by atoms with E-state index >= 15 is 0 Å². The maximum absolute atomic E-state index is 10.7. The molecule has 0 saturated heterocycles. The Kier molecular flexibility index (Phi) is 3.87. The van der Waals surface area contributed by atoms with E-state index in [-0.39, 0.29) is 5.69 Å². The second kappa shape index (κ2) is 5.58. The minimum atomic E-state index is -1.20. The summed E-state index contributed by atoms with van der Waals surface area (Å²) < 4.78 is 5.60. The van der Waals surface area contributed by atoms with Crippen LogP contribution >= 0.6 is 0 Å². The maximum atomic E-state index is 10.7. The lowest BCUT2D eigenvalue weighted by molar-refractivity contribution is -0.255. The van der Waals surface area contributed by atoms with Gasteiger partial charge < -0.3 is 19.6 Å². The first kappa shape index (κ1) is 12.5. The van der Waals surface area contributed by atoms with Crippen LogP contribution in [0.5, 0.6) is 5.75 Å². The number of ether oxygens (including phenoxy) is 1. The first-order chi connectivity index (χ1) is 8.70. The van der Waals surface area contributed by atoms with Gasteiger partial charge in [0.2, 0.25) is 0 Å². The Morgan fingerprint density at radius 1 is 1.33 bits per heavy atom. The largest absolute Gasteiger partial charge is 0.543 e. The fourth-order valence-corrected chi connectivity index (χ4v) is 1.85. The summed E-state index contributed by atoms with van der Waals surface area (Å²) in [7, 11) is 0. The van der Waals surface area contributed by atoms with Gasteiger partial charge in [0.05, 0.1) is 18.3 Å². The summed E-state index contributed by atoms with van der Waals surface area (Å²) in [6.07, 6.45) is 3.34.